The maximum absolute atomic E-state index is 13.1. The van der Waals surface area contributed by atoms with E-state index < -0.39 is 6.10 Å². The van der Waals surface area contributed by atoms with Crippen LogP contribution in [-0.4, -0.2) is 51.5 Å². The van der Waals surface area contributed by atoms with Gasteiger partial charge in [0.25, 0.3) is 5.91 Å². The van der Waals surface area contributed by atoms with E-state index in [1.807, 2.05) is 18.2 Å². The summed E-state index contributed by atoms with van der Waals surface area (Å²) in [5.41, 5.74) is 6.41. The zero-order chi connectivity index (χ0) is 25.7. The number of hydrogen-bond donors (Lipinski definition) is 3. The molecule has 2 atom stereocenters. The van der Waals surface area contributed by atoms with E-state index in [1.165, 1.54) is 11.3 Å². The van der Waals surface area contributed by atoms with E-state index in [-0.39, 0.29) is 23.5 Å². The van der Waals surface area contributed by atoms with Crippen LogP contribution in [-0.2, 0) is 22.4 Å². The molecule has 1 amide bonds. The molecule has 1 aromatic carbocycles. The summed E-state index contributed by atoms with van der Waals surface area (Å²) >= 11 is 7.66. The molecule has 3 aromatic rings. The Balaban J connectivity index is 1.37. The summed E-state index contributed by atoms with van der Waals surface area (Å²) in [6.45, 7) is 2.05. The van der Waals surface area contributed by atoms with Crippen molar-refractivity contribution in [3.05, 3.63) is 35.5 Å². The first-order chi connectivity index (χ1) is 17.1. The fraction of sp³-hybridized carbons (Fsp3) is 0.538. The molecule has 1 fully saturated rings. The molecule has 2 aromatic heterocycles. The minimum atomic E-state index is -0.833. The first kappa shape index (κ1) is 27.1. The van der Waals surface area contributed by atoms with Crippen molar-refractivity contribution in [2.45, 2.75) is 63.5 Å². The van der Waals surface area contributed by atoms with E-state index in [1.54, 1.807) is 11.9 Å². The third-order valence-electron chi connectivity index (χ3n) is 7.81. The van der Waals surface area contributed by atoms with Gasteiger partial charge in [0.1, 0.15) is 5.13 Å². The number of halogens is 3. The highest BCUT2D eigenvalue weighted by atomic mass is 127. The summed E-state index contributed by atoms with van der Waals surface area (Å²) in [5.74, 6) is -0.225. The second kappa shape index (κ2) is 10.6. The third kappa shape index (κ3) is 5.22. The van der Waals surface area contributed by atoms with Crippen molar-refractivity contribution in [2.24, 2.45) is 5.41 Å². The number of anilines is 1. The quantitative estimate of drug-likeness (QED) is 0.193. The zero-order valence-electron chi connectivity index (χ0n) is 20.4. The van der Waals surface area contributed by atoms with E-state index in [0.717, 1.165) is 72.9 Å². The molecule has 1 saturated carbocycles. The molecule has 36 heavy (non-hydrogen) atoms. The van der Waals surface area contributed by atoms with E-state index in [0.29, 0.717) is 0 Å². The Morgan fingerprint density at radius 2 is 2.06 bits per heavy atom. The number of aliphatic hydroxyl groups excluding tert-OH is 1. The van der Waals surface area contributed by atoms with E-state index in [2.05, 4.69) is 90.8 Å². The van der Waals surface area contributed by atoms with Crippen LogP contribution < -0.4 is 4.90 Å². The lowest BCUT2D eigenvalue weighted by Gasteiger charge is -2.40. The minimum absolute atomic E-state index is 0.0626. The number of hydrogen-bond acceptors (Lipinski definition) is 4. The average Bonchev–Trinajstić information content (AvgIpc) is 3.59. The van der Waals surface area contributed by atoms with Gasteiger partial charge in [-0.1, -0.05) is 93.6 Å². The van der Waals surface area contributed by atoms with Crippen LogP contribution in [0.15, 0.2) is 24.3 Å². The van der Waals surface area contributed by atoms with Crippen molar-refractivity contribution >= 4 is 90.3 Å². The number of benzene rings is 1. The molecular formula is C26H31I3N4O3. The number of fused-ring (bicyclic) bond motifs is 2. The number of nitrogens with zero attached hydrogens (tertiary/aromatic N) is 2. The average molecular weight is 828 g/mol. The van der Waals surface area contributed by atoms with Crippen molar-refractivity contribution in [1.82, 2.24) is 15.2 Å². The van der Waals surface area contributed by atoms with Gasteiger partial charge >= 0.3 is 0 Å². The minimum Gasteiger partial charge on any atom is -0.393 e. The van der Waals surface area contributed by atoms with Gasteiger partial charge in [0, 0.05) is 40.3 Å². The first-order valence-electron chi connectivity index (χ1n) is 12.4. The number of carbonyl (C=O) groups is 1. The standard InChI is InChI=1S/C26H31I3N4O3/c1-25(26(27,28)29)10-9-18-21(13-25)31-32-23(18)20-11-15-7-8-16(12-19(15)30-20)33(2)24(35)22(14-34)36-17-5-3-4-6-17/h7-8,11-12,17,22,30,34H,3-6,9-10,13-14H2,1-2H3,(H,31,32). The summed E-state index contributed by atoms with van der Waals surface area (Å²) in [4.78, 5) is 18.2. The van der Waals surface area contributed by atoms with Crippen molar-refractivity contribution in [3.8, 4) is 11.4 Å². The van der Waals surface area contributed by atoms with E-state index >= 15 is 0 Å². The largest absolute Gasteiger partial charge is 0.393 e. The number of ether oxygens (including phenoxy) is 1. The van der Waals surface area contributed by atoms with Crippen LogP contribution in [0, 0.1) is 5.41 Å². The summed E-state index contributed by atoms with van der Waals surface area (Å²) in [7, 11) is 1.74. The fourth-order valence-corrected chi connectivity index (χ4v) is 6.77. The van der Waals surface area contributed by atoms with E-state index in [4.69, 9.17) is 9.84 Å². The molecule has 0 spiro atoms. The maximum Gasteiger partial charge on any atom is 0.258 e. The lowest BCUT2D eigenvalue weighted by atomic mass is 9.76. The molecule has 5 rings (SSSR count). The molecule has 0 bridgehead atoms. The number of aliphatic hydroxyl groups is 1. The molecule has 0 aliphatic heterocycles. The number of nitrogens with one attached hydrogen (secondary N) is 2. The van der Waals surface area contributed by atoms with Crippen molar-refractivity contribution in [2.75, 3.05) is 18.6 Å². The number of H-pyrrole nitrogens is 2. The first-order valence-corrected chi connectivity index (χ1v) is 15.6. The Hall–Kier alpha value is -0.450. The van der Waals surface area contributed by atoms with Crippen LogP contribution in [0.3, 0.4) is 0 Å². The van der Waals surface area contributed by atoms with Crippen LogP contribution in [0.5, 0.6) is 0 Å². The number of aromatic nitrogens is 3. The number of amides is 1. The van der Waals surface area contributed by atoms with Gasteiger partial charge in [0.2, 0.25) is 0 Å². The summed E-state index contributed by atoms with van der Waals surface area (Å²) in [6.07, 6.45) is 6.47. The molecule has 2 aliphatic carbocycles. The Bertz CT molecular complexity index is 1260. The topological polar surface area (TPSA) is 94.2 Å². The molecule has 0 saturated heterocycles. The van der Waals surface area contributed by atoms with Gasteiger partial charge in [-0.25, -0.2) is 0 Å². The Kier molecular flexibility index (Phi) is 7.99. The smallest absolute Gasteiger partial charge is 0.258 e. The molecule has 3 N–H and O–H groups in total. The normalized spacial score (nSPS) is 21.6. The number of likely N-dealkylation sites (N-methyl/N-ethyl adjacent to an activating group) is 1. The van der Waals surface area contributed by atoms with Gasteiger partial charge in [-0.05, 0) is 50.3 Å². The lowest BCUT2D eigenvalue weighted by Crippen LogP contribution is -2.41. The number of alkyl halides is 3. The molecule has 0 radical (unpaired) electrons. The lowest BCUT2D eigenvalue weighted by molar-refractivity contribution is -0.136. The molecule has 2 aliphatic rings. The Morgan fingerprint density at radius 3 is 2.75 bits per heavy atom. The van der Waals surface area contributed by atoms with Crippen LogP contribution >= 0.6 is 67.8 Å². The molecular weight excluding hydrogens is 797 g/mol. The summed E-state index contributed by atoms with van der Waals surface area (Å²) in [5, 5.41) is 18.9. The Labute approximate surface area is 252 Å². The molecule has 194 valence electrons. The van der Waals surface area contributed by atoms with Gasteiger partial charge in [-0.2, -0.15) is 5.10 Å². The maximum atomic E-state index is 13.1. The van der Waals surface area contributed by atoms with Crippen molar-refractivity contribution in [1.29, 1.82) is 0 Å². The molecule has 7 nitrogen and oxygen atoms in total. The van der Waals surface area contributed by atoms with E-state index in [9.17, 15) is 9.90 Å². The van der Waals surface area contributed by atoms with Gasteiger partial charge in [0.15, 0.2) is 6.10 Å². The Morgan fingerprint density at radius 1 is 1.31 bits per heavy atom. The molecule has 2 heterocycles. The third-order valence-corrected chi connectivity index (χ3v) is 11.7. The van der Waals surface area contributed by atoms with Crippen LogP contribution in [0.4, 0.5) is 5.69 Å². The van der Waals surface area contributed by atoms with Gasteiger partial charge < -0.3 is 19.7 Å². The highest BCUT2D eigenvalue weighted by molar-refractivity contribution is 14.3. The fourth-order valence-electron chi connectivity index (χ4n) is 5.39. The number of rotatable bonds is 7. The molecule has 2 unspecified atom stereocenters. The number of carbonyl (C=O) groups excluding carboxylic acids is 1. The summed E-state index contributed by atoms with van der Waals surface area (Å²) in [6, 6.07) is 8.07. The summed E-state index contributed by atoms with van der Waals surface area (Å²) < 4.78 is 6.07. The SMILES string of the molecule is CN(C(=O)C(CO)OC1CCCC1)c1ccc2cc(-c3n[nH]c4c3CCC(C)(C(I)(I)I)C4)[nH]c2c1. The van der Waals surface area contributed by atoms with Gasteiger partial charge in [-0.15, -0.1) is 0 Å². The van der Waals surface area contributed by atoms with Crippen LogP contribution in [0.2, 0.25) is 0 Å². The molecule has 10 heteroatoms. The predicted molar refractivity (Wildman–Crippen MR) is 168 cm³/mol. The van der Waals surface area contributed by atoms with Crippen LogP contribution in [0.25, 0.3) is 22.3 Å². The second-order valence-electron chi connectivity index (χ2n) is 10.3. The monoisotopic (exact) mass is 828 g/mol. The second-order valence-corrected chi connectivity index (χ2v) is 21.4. The predicted octanol–water partition coefficient (Wildman–Crippen LogP) is 6.29. The van der Waals surface area contributed by atoms with Gasteiger partial charge in [0.05, 0.1) is 18.4 Å². The number of aromatic amines is 2. The van der Waals surface area contributed by atoms with Crippen molar-refractivity contribution in [3.63, 3.8) is 0 Å². The van der Waals surface area contributed by atoms with Crippen LogP contribution in [0.1, 0.15) is 50.3 Å². The van der Waals surface area contributed by atoms with Crippen molar-refractivity contribution < 1.29 is 14.6 Å². The van der Waals surface area contributed by atoms with Gasteiger partial charge in [-0.3, -0.25) is 9.89 Å². The highest BCUT2D eigenvalue weighted by Crippen LogP contribution is 2.56. The highest BCUT2D eigenvalue weighted by Gasteiger charge is 2.45. The zero-order valence-corrected chi connectivity index (χ0v) is 26.9.